The monoisotopic (exact) mass is 255 g/mol. The van der Waals surface area contributed by atoms with Crippen molar-refractivity contribution in [3.63, 3.8) is 0 Å². The summed E-state index contributed by atoms with van der Waals surface area (Å²) < 4.78 is 23.6. The summed E-state index contributed by atoms with van der Waals surface area (Å²) in [4.78, 5) is 4.23. The second kappa shape index (κ2) is 4.75. The summed E-state index contributed by atoms with van der Waals surface area (Å²) in [5.74, 6) is 1.10. The summed E-state index contributed by atoms with van der Waals surface area (Å²) in [5.41, 5.74) is 1.34. The van der Waals surface area contributed by atoms with Crippen LogP contribution >= 0.6 is 11.6 Å². The van der Waals surface area contributed by atoms with Gasteiger partial charge in [0.2, 0.25) is 5.89 Å². The summed E-state index contributed by atoms with van der Waals surface area (Å²) in [6, 6.07) is 4.44. The minimum Gasteiger partial charge on any atom is -0.494 e. The number of rotatable bonds is 3. The lowest BCUT2D eigenvalue weighted by Gasteiger charge is -2.02. The molecule has 5 heteroatoms. The Kier molecular flexibility index (Phi) is 3.33. The number of methoxy groups -OCH3 is 1. The van der Waals surface area contributed by atoms with E-state index in [0.717, 1.165) is 0 Å². The van der Waals surface area contributed by atoms with Crippen LogP contribution in [0.1, 0.15) is 11.5 Å². The molecule has 0 saturated heterocycles. The SMILES string of the molecule is COc1cc(-c2nc(CCl)c(C)o2)ccc1F. The molecule has 1 aromatic carbocycles. The summed E-state index contributed by atoms with van der Waals surface area (Å²) in [6.07, 6.45) is 0. The molecule has 0 saturated carbocycles. The molecule has 0 aliphatic rings. The maximum atomic E-state index is 13.2. The highest BCUT2D eigenvalue weighted by Gasteiger charge is 2.12. The average Bonchev–Trinajstić information content (AvgIpc) is 2.71. The fourth-order valence-electron chi connectivity index (χ4n) is 1.47. The van der Waals surface area contributed by atoms with E-state index in [-0.39, 0.29) is 11.6 Å². The number of hydrogen-bond donors (Lipinski definition) is 0. The molecule has 0 aliphatic carbocycles. The van der Waals surface area contributed by atoms with Gasteiger partial charge in [-0.3, -0.25) is 0 Å². The quantitative estimate of drug-likeness (QED) is 0.787. The molecule has 1 aromatic heterocycles. The van der Waals surface area contributed by atoms with Gasteiger partial charge < -0.3 is 9.15 Å². The maximum Gasteiger partial charge on any atom is 0.226 e. The van der Waals surface area contributed by atoms with E-state index in [9.17, 15) is 4.39 Å². The summed E-state index contributed by atoms with van der Waals surface area (Å²) >= 11 is 5.71. The molecule has 0 bridgehead atoms. The van der Waals surface area contributed by atoms with Gasteiger partial charge in [0.05, 0.1) is 18.7 Å². The molecular weight excluding hydrogens is 245 g/mol. The van der Waals surface area contributed by atoms with E-state index in [4.69, 9.17) is 20.8 Å². The normalized spacial score (nSPS) is 10.6. The average molecular weight is 256 g/mol. The van der Waals surface area contributed by atoms with Gasteiger partial charge in [-0.1, -0.05) is 0 Å². The number of nitrogens with zero attached hydrogens (tertiary/aromatic N) is 1. The van der Waals surface area contributed by atoms with Crippen molar-refractivity contribution in [2.45, 2.75) is 12.8 Å². The summed E-state index contributed by atoms with van der Waals surface area (Å²) in [6.45, 7) is 1.79. The summed E-state index contributed by atoms with van der Waals surface area (Å²) in [5, 5.41) is 0. The van der Waals surface area contributed by atoms with E-state index in [1.165, 1.54) is 13.2 Å². The molecule has 2 aromatic rings. The number of oxazole rings is 1. The van der Waals surface area contributed by atoms with Gasteiger partial charge in [-0.25, -0.2) is 9.37 Å². The second-order valence-electron chi connectivity index (χ2n) is 3.50. The highest BCUT2D eigenvalue weighted by atomic mass is 35.5. The highest BCUT2D eigenvalue weighted by Crippen LogP contribution is 2.27. The van der Waals surface area contributed by atoms with Crippen LogP contribution in [0.2, 0.25) is 0 Å². The van der Waals surface area contributed by atoms with Gasteiger partial charge in [0.25, 0.3) is 0 Å². The molecule has 0 unspecified atom stereocenters. The third-order valence-electron chi connectivity index (χ3n) is 2.42. The van der Waals surface area contributed by atoms with Crippen LogP contribution in [-0.4, -0.2) is 12.1 Å². The van der Waals surface area contributed by atoms with Crippen molar-refractivity contribution in [2.75, 3.05) is 7.11 Å². The van der Waals surface area contributed by atoms with Crippen molar-refractivity contribution >= 4 is 11.6 Å². The third-order valence-corrected chi connectivity index (χ3v) is 2.67. The van der Waals surface area contributed by atoms with Crippen LogP contribution in [0.3, 0.4) is 0 Å². The van der Waals surface area contributed by atoms with Crippen molar-refractivity contribution in [3.05, 3.63) is 35.5 Å². The van der Waals surface area contributed by atoms with Gasteiger partial charge in [0.1, 0.15) is 5.76 Å². The Morgan fingerprint density at radius 2 is 2.24 bits per heavy atom. The third kappa shape index (κ3) is 2.26. The Morgan fingerprint density at radius 3 is 2.82 bits per heavy atom. The zero-order valence-corrected chi connectivity index (χ0v) is 10.2. The first-order valence-corrected chi connectivity index (χ1v) is 5.55. The zero-order valence-electron chi connectivity index (χ0n) is 9.46. The van der Waals surface area contributed by atoms with Gasteiger partial charge >= 0.3 is 0 Å². The molecule has 0 amide bonds. The first-order valence-electron chi connectivity index (χ1n) is 5.02. The molecule has 0 fully saturated rings. The Balaban J connectivity index is 2.45. The van der Waals surface area contributed by atoms with E-state index in [1.54, 1.807) is 19.1 Å². The van der Waals surface area contributed by atoms with Crippen LogP contribution in [0.15, 0.2) is 22.6 Å². The van der Waals surface area contributed by atoms with Crippen molar-refractivity contribution in [3.8, 4) is 17.2 Å². The Hall–Kier alpha value is -1.55. The van der Waals surface area contributed by atoms with Crippen molar-refractivity contribution in [2.24, 2.45) is 0 Å². The van der Waals surface area contributed by atoms with E-state index >= 15 is 0 Å². The molecule has 0 radical (unpaired) electrons. The second-order valence-corrected chi connectivity index (χ2v) is 3.77. The van der Waals surface area contributed by atoms with Crippen LogP contribution in [0.25, 0.3) is 11.5 Å². The van der Waals surface area contributed by atoms with Crippen LogP contribution < -0.4 is 4.74 Å². The lowest BCUT2D eigenvalue weighted by Crippen LogP contribution is -1.89. The van der Waals surface area contributed by atoms with Crippen LogP contribution in [-0.2, 0) is 5.88 Å². The molecule has 2 rings (SSSR count). The molecule has 0 atom stereocenters. The smallest absolute Gasteiger partial charge is 0.226 e. The zero-order chi connectivity index (χ0) is 12.4. The predicted octanol–water partition coefficient (Wildman–Crippen LogP) is 3.54. The Morgan fingerprint density at radius 1 is 1.47 bits per heavy atom. The van der Waals surface area contributed by atoms with Crippen molar-refractivity contribution < 1.29 is 13.5 Å². The molecule has 1 heterocycles. The van der Waals surface area contributed by atoms with Gasteiger partial charge in [-0.15, -0.1) is 11.6 Å². The van der Waals surface area contributed by atoms with Crippen molar-refractivity contribution in [1.29, 1.82) is 0 Å². The highest BCUT2D eigenvalue weighted by molar-refractivity contribution is 6.16. The number of aromatic nitrogens is 1. The minimum absolute atomic E-state index is 0.158. The molecule has 0 spiro atoms. The molecule has 0 aliphatic heterocycles. The van der Waals surface area contributed by atoms with E-state index in [2.05, 4.69) is 4.98 Å². The van der Waals surface area contributed by atoms with Crippen molar-refractivity contribution in [1.82, 2.24) is 4.98 Å². The minimum atomic E-state index is -0.419. The lowest BCUT2D eigenvalue weighted by atomic mass is 10.2. The molecule has 0 N–H and O–H groups in total. The topological polar surface area (TPSA) is 35.3 Å². The molecule has 3 nitrogen and oxygen atoms in total. The fourth-order valence-corrected chi connectivity index (χ4v) is 1.72. The number of ether oxygens (including phenoxy) is 1. The van der Waals surface area contributed by atoms with Crippen LogP contribution in [0.4, 0.5) is 4.39 Å². The number of aryl methyl sites for hydroxylation is 1. The molecule has 90 valence electrons. The lowest BCUT2D eigenvalue weighted by molar-refractivity contribution is 0.386. The first-order chi connectivity index (χ1) is 8.15. The van der Waals surface area contributed by atoms with Crippen LogP contribution in [0.5, 0.6) is 5.75 Å². The first kappa shape index (κ1) is 11.9. The Labute approximate surface area is 103 Å². The number of benzene rings is 1. The number of alkyl halides is 1. The van der Waals surface area contributed by atoms with Gasteiger partial charge in [0, 0.05) is 5.56 Å². The number of hydrogen-bond acceptors (Lipinski definition) is 3. The molecule has 17 heavy (non-hydrogen) atoms. The van der Waals surface area contributed by atoms with Gasteiger partial charge in [-0.2, -0.15) is 0 Å². The van der Waals surface area contributed by atoms with Crippen LogP contribution in [0, 0.1) is 12.7 Å². The van der Waals surface area contributed by atoms with Gasteiger partial charge in [-0.05, 0) is 25.1 Å². The fraction of sp³-hybridized carbons (Fsp3) is 0.250. The standard InChI is InChI=1S/C12H11ClFNO2/c1-7-10(6-13)15-12(17-7)8-3-4-9(14)11(5-8)16-2/h3-5H,6H2,1-2H3. The largest absolute Gasteiger partial charge is 0.494 e. The molecular formula is C12H11ClFNO2. The van der Waals surface area contributed by atoms with E-state index < -0.39 is 5.82 Å². The number of halogens is 2. The summed E-state index contributed by atoms with van der Waals surface area (Å²) in [7, 11) is 1.41. The Bertz CT molecular complexity index is 539. The maximum absolute atomic E-state index is 13.2. The predicted molar refractivity (Wildman–Crippen MR) is 62.7 cm³/mol. The van der Waals surface area contributed by atoms with E-state index in [1.807, 2.05) is 0 Å². The van der Waals surface area contributed by atoms with Gasteiger partial charge in [0.15, 0.2) is 11.6 Å². The van der Waals surface area contributed by atoms with E-state index in [0.29, 0.717) is 22.9 Å².